The van der Waals surface area contributed by atoms with Crippen molar-refractivity contribution in [2.75, 3.05) is 13.2 Å². The monoisotopic (exact) mass is 173 g/mol. The van der Waals surface area contributed by atoms with Gasteiger partial charge in [-0.05, 0) is 12.1 Å². The number of nitrogens with zero attached hydrogens (tertiary/aromatic N) is 1. The summed E-state index contributed by atoms with van der Waals surface area (Å²) >= 11 is 0. The molecule has 1 aliphatic rings. The van der Waals surface area contributed by atoms with Crippen LogP contribution in [0.25, 0.3) is 0 Å². The summed E-state index contributed by atoms with van der Waals surface area (Å²) in [6, 6.07) is 3.87. The van der Waals surface area contributed by atoms with Crippen LogP contribution in [0, 0.1) is 17.8 Å². The van der Waals surface area contributed by atoms with E-state index in [1.54, 1.807) is 12.4 Å². The zero-order valence-electron chi connectivity index (χ0n) is 7.36. The van der Waals surface area contributed by atoms with Crippen LogP contribution in [0.15, 0.2) is 24.5 Å². The summed E-state index contributed by atoms with van der Waals surface area (Å²) in [6.07, 6.45) is 4.48. The molecule has 1 aromatic rings. The van der Waals surface area contributed by atoms with Gasteiger partial charge in [-0.15, -0.1) is 0 Å². The van der Waals surface area contributed by atoms with E-state index in [0.717, 1.165) is 25.2 Å². The van der Waals surface area contributed by atoms with Gasteiger partial charge in [-0.25, -0.2) is 0 Å². The topological polar surface area (TPSA) is 22.1 Å². The normalized spacial score (nSPS) is 15.7. The SMILES string of the molecule is C(#Cc1cccnc1)CC1COC1. The van der Waals surface area contributed by atoms with Crippen molar-refractivity contribution in [3.8, 4) is 11.8 Å². The maximum Gasteiger partial charge on any atom is 0.0525 e. The summed E-state index contributed by atoms with van der Waals surface area (Å²) in [4.78, 5) is 3.99. The summed E-state index contributed by atoms with van der Waals surface area (Å²) in [5.74, 6) is 6.87. The number of rotatable bonds is 1. The van der Waals surface area contributed by atoms with E-state index in [1.165, 1.54) is 0 Å². The van der Waals surface area contributed by atoms with Crippen LogP contribution in [-0.4, -0.2) is 18.2 Å². The van der Waals surface area contributed by atoms with E-state index in [2.05, 4.69) is 16.8 Å². The van der Waals surface area contributed by atoms with Crippen LogP contribution in [-0.2, 0) is 4.74 Å². The molecule has 0 radical (unpaired) electrons. The number of hydrogen-bond acceptors (Lipinski definition) is 2. The average Bonchev–Trinajstić information content (AvgIpc) is 2.11. The quantitative estimate of drug-likeness (QED) is 0.600. The lowest BCUT2D eigenvalue weighted by atomic mass is 10.0. The predicted molar refractivity (Wildman–Crippen MR) is 50.0 cm³/mol. The Balaban J connectivity index is 1.89. The summed E-state index contributed by atoms with van der Waals surface area (Å²) in [5.41, 5.74) is 0.989. The minimum Gasteiger partial charge on any atom is -0.381 e. The van der Waals surface area contributed by atoms with E-state index < -0.39 is 0 Å². The Bertz CT molecular complexity index is 319. The van der Waals surface area contributed by atoms with E-state index in [1.807, 2.05) is 12.1 Å². The molecule has 2 rings (SSSR count). The molecule has 2 heteroatoms. The molecule has 0 aromatic carbocycles. The molecule has 0 bridgehead atoms. The van der Waals surface area contributed by atoms with Gasteiger partial charge in [0.2, 0.25) is 0 Å². The first-order valence-electron chi connectivity index (χ1n) is 4.42. The Morgan fingerprint density at radius 1 is 1.54 bits per heavy atom. The maximum atomic E-state index is 5.06. The van der Waals surface area contributed by atoms with Gasteiger partial charge in [0.05, 0.1) is 13.2 Å². The summed E-state index contributed by atoms with van der Waals surface area (Å²) in [5, 5.41) is 0. The number of ether oxygens (including phenoxy) is 1. The molecule has 0 aliphatic carbocycles. The zero-order valence-corrected chi connectivity index (χ0v) is 7.36. The van der Waals surface area contributed by atoms with Gasteiger partial charge in [0.1, 0.15) is 0 Å². The molecule has 1 fully saturated rings. The molecule has 2 nitrogen and oxygen atoms in total. The second-order valence-electron chi connectivity index (χ2n) is 3.15. The number of pyridine rings is 1. The molecular weight excluding hydrogens is 162 g/mol. The molecule has 13 heavy (non-hydrogen) atoms. The van der Waals surface area contributed by atoms with Crippen LogP contribution < -0.4 is 0 Å². The molecule has 1 aliphatic heterocycles. The van der Waals surface area contributed by atoms with Gasteiger partial charge >= 0.3 is 0 Å². The van der Waals surface area contributed by atoms with Gasteiger partial charge in [-0.3, -0.25) is 4.98 Å². The minimum atomic E-state index is 0.657. The highest BCUT2D eigenvalue weighted by atomic mass is 16.5. The van der Waals surface area contributed by atoms with Crippen molar-refractivity contribution in [2.24, 2.45) is 5.92 Å². The van der Waals surface area contributed by atoms with Crippen LogP contribution >= 0.6 is 0 Å². The third-order valence-corrected chi connectivity index (χ3v) is 1.99. The highest BCUT2D eigenvalue weighted by molar-refractivity contribution is 5.31. The molecule has 0 spiro atoms. The summed E-state index contributed by atoms with van der Waals surface area (Å²) < 4.78 is 5.06. The van der Waals surface area contributed by atoms with Crippen LogP contribution in [0.2, 0.25) is 0 Å². The minimum absolute atomic E-state index is 0.657. The second kappa shape index (κ2) is 4.06. The van der Waals surface area contributed by atoms with Crippen LogP contribution in [0.5, 0.6) is 0 Å². The van der Waals surface area contributed by atoms with E-state index in [0.29, 0.717) is 5.92 Å². The van der Waals surface area contributed by atoms with Crippen molar-refractivity contribution < 1.29 is 4.74 Å². The van der Waals surface area contributed by atoms with Crippen molar-refractivity contribution in [3.05, 3.63) is 30.1 Å². The molecule has 0 N–H and O–H groups in total. The van der Waals surface area contributed by atoms with Crippen molar-refractivity contribution in [1.82, 2.24) is 4.98 Å². The van der Waals surface area contributed by atoms with E-state index in [4.69, 9.17) is 4.74 Å². The summed E-state index contributed by atoms with van der Waals surface area (Å²) in [6.45, 7) is 1.75. The van der Waals surface area contributed by atoms with Crippen molar-refractivity contribution in [2.45, 2.75) is 6.42 Å². The van der Waals surface area contributed by atoms with E-state index in [-0.39, 0.29) is 0 Å². The number of aromatic nitrogens is 1. The van der Waals surface area contributed by atoms with Crippen LogP contribution in [0.3, 0.4) is 0 Å². The lowest BCUT2D eigenvalue weighted by Crippen LogP contribution is -2.26. The summed E-state index contributed by atoms with van der Waals surface area (Å²) in [7, 11) is 0. The molecule has 0 saturated carbocycles. The molecule has 66 valence electrons. The molecule has 0 unspecified atom stereocenters. The molecule has 1 saturated heterocycles. The number of hydrogen-bond donors (Lipinski definition) is 0. The van der Waals surface area contributed by atoms with Gasteiger partial charge in [0.15, 0.2) is 0 Å². The fourth-order valence-corrected chi connectivity index (χ4v) is 1.14. The lowest BCUT2D eigenvalue weighted by Gasteiger charge is -2.23. The third kappa shape index (κ3) is 2.30. The molecule has 0 amide bonds. The predicted octanol–water partition coefficient (Wildman–Crippen LogP) is 1.47. The van der Waals surface area contributed by atoms with Gasteiger partial charge in [0.25, 0.3) is 0 Å². The Hall–Kier alpha value is -1.33. The highest BCUT2D eigenvalue weighted by Crippen LogP contribution is 2.12. The largest absolute Gasteiger partial charge is 0.381 e. The van der Waals surface area contributed by atoms with Crippen molar-refractivity contribution >= 4 is 0 Å². The van der Waals surface area contributed by atoms with Gasteiger partial charge < -0.3 is 4.74 Å². The molecule has 2 heterocycles. The average molecular weight is 173 g/mol. The Kier molecular flexibility index (Phi) is 2.59. The highest BCUT2D eigenvalue weighted by Gasteiger charge is 2.16. The van der Waals surface area contributed by atoms with Gasteiger partial charge in [0, 0.05) is 30.3 Å². The van der Waals surface area contributed by atoms with Crippen molar-refractivity contribution in [3.63, 3.8) is 0 Å². The molecule has 0 atom stereocenters. The fourth-order valence-electron chi connectivity index (χ4n) is 1.14. The van der Waals surface area contributed by atoms with E-state index in [9.17, 15) is 0 Å². The Labute approximate surface area is 77.9 Å². The fraction of sp³-hybridized carbons (Fsp3) is 0.364. The zero-order chi connectivity index (χ0) is 8.93. The van der Waals surface area contributed by atoms with Crippen molar-refractivity contribution in [1.29, 1.82) is 0 Å². The van der Waals surface area contributed by atoms with Gasteiger partial charge in [-0.1, -0.05) is 11.8 Å². The first-order chi connectivity index (χ1) is 6.45. The van der Waals surface area contributed by atoms with Crippen LogP contribution in [0.1, 0.15) is 12.0 Å². The first-order valence-corrected chi connectivity index (χ1v) is 4.42. The van der Waals surface area contributed by atoms with Crippen LogP contribution in [0.4, 0.5) is 0 Å². The van der Waals surface area contributed by atoms with Gasteiger partial charge in [-0.2, -0.15) is 0 Å². The third-order valence-electron chi connectivity index (χ3n) is 1.99. The van der Waals surface area contributed by atoms with E-state index >= 15 is 0 Å². The smallest absolute Gasteiger partial charge is 0.0525 e. The first kappa shape index (κ1) is 8.28. The Morgan fingerprint density at radius 3 is 3.08 bits per heavy atom. The molecule has 1 aromatic heterocycles. The second-order valence-corrected chi connectivity index (χ2v) is 3.15. The Morgan fingerprint density at radius 2 is 2.46 bits per heavy atom. The molecular formula is C11H11NO. The standard InChI is InChI=1S/C11H11NO/c1(4-11-8-13-9-11)3-10-5-2-6-12-7-10/h2,5-7,11H,4,8-9H2. The maximum absolute atomic E-state index is 5.06. The lowest BCUT2D eigenvalue weighted by molar-refractivity contribution is -0.0289.